The zero-order valence-corrected chi connectivity index (χ0v) is 11.2. The van der Waals surface area contributed by atoms with Gasteiger partial charge in [0.1, 0.15) is 5.69 Å². The molecule has 1 rings (SSSR count). The Bertz CT molecular complexity index is 411. The van der Waals surface area contributed by atoms with E-state index in [1.807, 2.05) is 0 Å². The molecular formula is C10H12BrN3OS. The topological polar surface area (TPSA) is 59.2 Å². The second-order valence-corrected chi connectivity index (χ2v) is 4.66. The lowest BCUT2D eigenvalue weighted by Crippen LogP contribution is -2.30. The van der Waals surface area contributed by atoms with Crippen molar-refractivity contribution in [1.82, 2.24) is 9.88 Å². The van der Waals surface area contributed by atoms with Crippen LogP contribution in [-0.4, -0.2) is 34.4 Å². The zero-order valence-electron chi connectivity index (χ0n) is 8.81. The van der Waals surface area contributed by atoms with Crippen molar-refractivity contribution >= 4 is 39.0 Å². The Labute approximate surface area is 108 Å². The Morgan fingerprint density at radius 2 is 2.38 bits per heavy atom. The van der Waals surface area contributed by atoms with Crippen LogP contribution in [0, 0.1) is 0 Å². The van der Waals surface area contributed by atoms with Crippen molar-refractivity contribution in [2.75, 3.05) is 13.6 Å². The van der Waals surface area contributed by atoms with Crippen molar-refractivity contribution < 1.29 is 4.79 Å². The average molecular weight is 302 g/mol. The number of amides is 1. The monoisotopic (exact) mass is 301 g/mol. The Morgan fingerprint density at radius 3 is 2.94 bits per heavy atom. The number of thiocarbonyl (C=S) groups is 1. The summed E-state index contributed by atoms with van der Waals surface area (Å²) in [6.07, 6.45) is 2.10. The van der Waals surface area contributed by atoms with Gasteiger partial charge >= 0.3 is 0 Å². The third-order valence-electron chi connectivity index (χ3n) is 2.00. The molecule has 1 amide bonds. The number of aromatic nitrogens is 1. The van der Waals surface area contributed by atoms with Gasteiger partial charge in [-0.15, -0.1) is 0 Å². The summed E-state index contributed by atoms with van der Waals surface area (Å²) in [6.45, 7) is 0.497. The van der Waals surface area contributed by atoms with Crippen LogP contribution in [0.3, 0.4) is 0 Å². The molecule has 0 unspecified atom stereocenters. The zero-order chi connectivity index (χ0) is 12.1. The maximum absolute atomic E-state index is 11.9. The number of carbonyl (C=O) groups is 1. The lowest BCUT2D eigenvalue weighted by atomic mass is 10.3. The average Bonchev–Trinajstić information content (AvgIpc) is 2.25. The van der Waals surface area contributed by atoms with Crippen molar-refractivity contribution in [2.45, 2.75) is 6.42 Å². The quantitative estimate of drug-likeness (QED) is 0.858. The third-order valence-corrected chi connectivity index (χ3v) is 2.85. The highest BCUT2D eigenvalue weighted by atomic mass is 79.9. The van der Waals surface area contributed by atoms with Gasteiger partial charge in [-0.1, -0.05) is 12.2 Å². The van der Waals surface area contributed by atoms with Crippen LogP contribution >= 0.6 is 28.1 Å². The molecule has 0 fully saturated rings. The van der Waals surface area contributed by atoms with Crippen LogP contribution in [0.25, 0.3) is 0 Å². The van der Waals surface area contributed by atoms with E-state index in [1.54, 1.807) is 30.3 Å². The molecule has 0 atom stereocenters. The summed E-state index contributed by atoms with van der Waals surface area (Å²) in [5, 5.41) is 0. The Hall–Kier alpha value is -1.01. The summed E-state index contributed by atoms with van der Waals surface area (Å²) in [7, 11) is 1.70. The minimum Gasteiger partial charge on any atom is -0.393 e. The smallest absolute Gasteiger partial charge is 0.273 e. The summed E-state index contributed by atoms with van der Waals surface area (Å²) in [5.41, 5.74) is 5.77. The van der Waals surface area contributed by atoms with Crippen molar-refractivity contribution in [1.29, 1.82) is 0 Å². The third kappa shape index (κ3) is 3.53. The van der Waals surface area contributed by atoms with Gasteiger partial charge in [0.15, 0.2) is 0 Å². The van der Waals surface area contributed by atoms with Crippen molar-refractivity contribution in [3.63, 3.8) is 0 Å². The van der Waals surface area contributed by atoms with E-state index >= 15 is 0 Å². The van der Waals surface area contributed by atoms with E-state index in [2.05, 4.69) is 20.9 Å². The van der Waals surface area contributed by atoms with Crippen LogP contribution in [0.15, 0.2) is 22.8 Å². The van der Waals surface area contributed by atoms with Crippen molar-refractivity contribution in [3.05, 3.63) is 28.5 Å². The normalized spacial score (nSPS) is 9.88. The van der Waals surface area contributed by atoms with Crippen molar-refractivity contribution in [2.24, 2.45) is 5.73 Å². The van der Waals surface area contributed by atoms with Crippen LogP contribution in [0.4, 0.5) is 0 Å². The molecule has 1 heterocycles. The number of hydrogen-bond donors (Lipinski definition) is 1. The number of pyridine rings is 1. The Kier molecular flexibility index (Phi) is 4.82. The standard InChI is InChI=1S/C10H12BrN3OS/c1-14(6-4-8(12)16)10(15)9-7(11)3-2-5-13-9/h2-3,5H,4,6H2,1H3,(H2,12,16). The number of carbonyl (C=O) groups excluding carboxylic acids is 1. The number of nitrogens with zero attached hydrogens (tertiary/aromatic N) is 2. The van der Waals surface area contributed by atoms with Gasteiger partial charge in [0.25, 0.3) is 5.91 Å². The summed E-state index contributed by atoms with van der Waals surface area (Å²) >= 11 is 8.04. The molecule has 1 aromatic heterocycles. The maximum Gasteiger partial charge on any atom is 0.273 e. The molecule has 0 saturated heterocycles. The molecule has 0 radical (unpaired) electrons. The highest BCUT2D eigenvalue weighted by Gasteiger charge is 2.15. The molecule has 2 N–H and O–H groups in total. The summed E-state index contributed by atoms with van der Waals surface area (Å²) in [6, 6.07) is 3.54. The molecule has 0 saturated carbocycles. The lowest BCUT2D eigenvalue weighted by Gasteiger charge is -2.16. The first kappa shape index (κ1) is 13.1. The number of nitrogens with two attached hydrogens (primary N) is 1. The van der Waals surface area contributed by atoms with E-state index in [4.69, 9.17) is 18.0 Å². The molecule has 0 aromatic carbocycles. The predicted molar refractivity (Wildman–Crippen MR) is 70.3 cm³/mol. The van der Waals surface area contributed by atoms with Crippen LogP contribution in [0.2, 0.25) is 0 Å². The molecule has 4 nitrogen and oxygen atoms in total. The van der Waals surface area contributed by atoms with Gasteiger partial charge in [-0.3, -0.25) is 4.79 Å². The van der Waals surface area contributed by atoms with Gasteiger partial charge in [-0.05, 0) is 28.1 Å². The van der Waals surface area contributed by atoms with Gasteiger partial charge in [-0.2, -0.15) is 0 Å². The molecule has 0 aliphatic carbocycles. The number of hydrogen-bond acceptors (Lipinski definition) is 3. The van der Waals surface area contributed by atoms with E-state index < -0.39 is 0 Å². The molecular weight excluding hydrogens is 290 g/mol. The SMILES string of the molecule is CN(CCC(N)=S)C(=O)c1ncccc1Br. The van der Waals surface area contributed by atoms with Gasteiger partial charge in [0, 0.05) is 30.7 Å². The molecule has 6 heteroatoms. The molecule has 0 aliphatic rings. The van der Waals surface area contributed by atoms with Crippen LogP contribution in [0.5, 0.6) is 0 Å². The van der Waals surface area contributed by atoms with Crippen LogP contribution in [-0.2, 0) is 0 Å². The lowest BCUT2D eigenvalue weighted by molar-refractivity contribution is 0.0792. The fraction of sp³-hybridized carbons (Fsp3) is 0.300. The Balaban J connectivity index is 2.71. The number of halogens is 1. The Morgan fingerprint density at radius 1 is 1.69 bits per heavy atom. The van der Waals surface area contributed by atoms with Crippen LogP contribution < -0.4 is 5.73 Å². The molecule has 16 heavy (non-hydrogen) atoms. The number of rotatable bonds is 4. The van der Waals surface area contributed by atoms with Gasteiger partial charge < -0.3 is 10.6 Å². The van der Waals surface area contributed by atoms with E-state index in [0.29, 0.717) is 28.1 Å². The summed E-state index contributed by atoms with van der Waals surface area (Å²) < 4.78 is 0.683. The highest BCUT2D eigenvalue weighted by Crippen LogP contribution is 2.14. The maximum atomic E-state index is 11.9. The second-order valence-electron chi connectivity index (χ2n) is 3.28. The van der Waals surface area contributed by atoms with Crippen LogP contribution in [0.1, 0.15) is 16.9 Å². The first-order chi connectivity index (χ1) is 7.52. The highest BCUT2D eigenvalue weighted by molar-refractivity contribution is 9.10. The van der Waals surface area contributed by atoms with Gasteiger partial charge in [0.05, 0.1) is 4.99 Å². The molecule has 0 bridgehead atoms. The first-order valence-electron chi connectivity index (χ1n) is 4.66. The first-order valence-corrected chi connectivity index (χ1v) is 5.86. The predicted octanol–water partition coefficient (Wildman–Crippen LogP) is 1.59. The van der Waals surface area contributed by atoms with E-state index in [0.717, 1.165) is 0 Å². The largest absolute Gasteiger partial charge is 0.393 e. The summed E-state index contributed by atoms with van der Waals surface area (Å²) in [4.78, 5) is 17.9. The van der Waals surface area contributed by atoms with Crippen molar-refractivity contribution in [3.8, 4) is 0 Å². The molecule has 0 aliphatic heterocycles. The fourth-order valence-electron chi connectivity index (χ4n) is 1.10. The molecule has 86 valence electrons. The molecule has 1 aromatic rings. The minimum atomic E-state index is -0.149. The summed E-state index contributed by atoms with van der Waals surface area (Å²) in [5.74, 6) is -0.149. The fourth-order valence-corrected chi connectivity index (χ4v) is 1.62. The second kappa shape index (κ2) is 5.91. The van der Waals surface area contributed by atoms with Gasteiger partial charge in [-0.25, -0.2) is 4.98 Å². The molecule has 0 spiro atoms. The van der Waals surface area contributed by atoms with E-state index in [-0.39, 0.29) is 5.91 Å². The van der Waals surface area contributed by atoms with E-state index in [9.17, 15) is 4.79 Å². The minimum absolute atomic E-state index is 0.149. The van der Waals surface area contributed by atoms with E-state index in [1.165, 1.54) is 0 Å². The van der Waals surface area contributed by atoms with Gasteiger partial charge in [0.2, 0.25) is 0 Å².